The van der Waals surface area contributed by atoms with Gasteiger partial charge in [0, 0.05) is 5.25 Å². The third-order valence-electron chi connectivity index (χ3n) is 1.16. The highest BCUT2D eigenvalue weighted by Crippen LogP contribution is 2.09. The predicted molar refractivity (Wildman–Crippen MR) is 44.2 cm³/mol. The first-order valence-corrected chi connectivity index (χ1v) is 4.68. The van der Waals surface area contributed by atoms with Crippen molar-refractivity contribution in [3.8, 4) is 0 Å². The summed E-state index contributed by atoms with van der Waals surface area (Å²) in [5.41, 5.74) is 0. The molecule has 0 spiro atoms. The number of esters is 1. The third kappa shape index (κ3) is 4.68. The summed E-state index contributed by atoms with van der Waals surface area (Å²) in [6, 6.07) is 0. The zero-order chi connectivity index (χ0) is 7.98. The summed E-state index contributed by atoms with van der Waals surface area (Å²) in [4.78, 5) is 10.8. The van der Waals surface area contributed by atoms with Crippen LogP contribution in [0.5, 0.6) is 0 Å². The molecule has 0 N–H and O–H groups in total. The van der Waals surface area contributed by atoms with Crippen LogP contribution in [-0.2, 0) is 9.53 Å². The van der Waals surface area contributed by atoms with Crippen molar-refractivity contribution < 1.29 is 9.53 Å². The SMILES string of the molecule is CCOC(=O)C[C@@H](C)SC. The van der Waals surface area contributed by atoms with Gasteiger partial charge in [0.05, 0.1) is 13.0 Å². The van der Waals surface area contributed by atoms with E-state index in [9.17, 15) is 4.79 Å². The molecule has 0 aromatic carbocycles. The number of rotatable bonds is 4. The van der Waals surface area contributed by atoms with Gasteiger partial charge in [-0.1, -0.05) is 6.92 Å². The van der Waals surface area contributed by atoms with Crippen molar-refractivity contribution in [2.75, 3.05) is 12.9 Å². The van der Waals surface area contributed by atoms with Crippen LogP contribution in [0.15, 0.2) is 0 Å². The maximum absolute atomic E-state index is 10.8. The zero-order valence-electron chi connectivity index (χ0n) is 6.72. The first-order valence-electron chi connectivity index (χ1n) is 3.39. The molecule has 0 aliphatic heterocycles. The molecule has 60 valence electrons. The lowest BCUT2D eigenvalue weighted by Crippen LogP contribution is -2.09. The quantitative estimate of drug-likeness (QED) is 0.588. The standard InChI is InChI=1S/C7H14O2S/c1-4-9-7(8)5-6(2)10-3/h6H,4-5H2,1-3H3/t6-/m1/s1. The normalized spacial score (nSPS) is 12.7. The number of ether oxygens (including phenoxy) is 1. The molecule has 3 heteroatoms. The molecule has 0 heterocycles. The van der Waals surface area contributed by atoms with E-state index in [4.69, 9.17) is 4.74 Å². The van der Waals surface area contributed by atoms with E-state index in [1.807, 2.05) is 20.1 Å². The van der Waals surface area contributed by atoms with Crippen LogP contribution in [0.1, 0.15) is 20.3 Å². The van der Waals surface area contributed by atoms with Crippen molar-refractivity contribution in [3.63, 3.8) is 0 Å². The molecule has 0 radical (unpaired) electrons. The minimum Gasteiger partial charge on any atom is -0.466 e. The van der Waals surface area contributed by atoms with Crippen LogP contribution < -0.4 is 0 Å². The Hall–Kier alpha value is -0.180. The Bertz CT molecular complexity index is 104. The van der Waals surface area contributed by atoms with Gasteiger partial charge in [-0.3, -0.25) is 4.79 Å². The van der Waals surface area contributed by atoms with Crippen LogP contribution in [-0.4, -0.2) is 24.1 Å². The Morgan fingerprint density at radius 3 is 2.70 bits per heavy atom. The second-order valence-corrected chi connectivity index (χ2v) is 3.33. The van der Waals surface area contributed by atoms with Crippen LogP contribution in [0.4, 0.5) is 0 Å². The molecule has 0 aromatic heterocycles. The Kier molecular flexibility index (Phi) is 5.49. The molecule has 0 unspecified atom stereocenters. The number of thioether (sulfide) groups is 1. The van der Waals surface area contributed by atoms with E-state index in [1.54, 1.807) is 11.8 Å². The maximum atomic E-state index is 10.8. The third-order valence-corrected chi connectivity index (χ3v) is 2.13. The van der Waals surface area contributed by atoms with Crippen molar-refractivity contribution in [1.29, 1.82) is 0 Å². The molecule has 0 aromatic rings. The van der Waals surface area contributed by atoms with E-state index in [0.717, 1.165) is 0 Å². The lowest BCUT2D eigenvalue weighted by Gasteiger charge is -2.05. The molecule has 0 aliphatic rings. The predicted octanol–water partition coefficient (Wildman–Crippen LogP) is 1.69. The van der Waals surface area contributed by atoms with Crippen LogP contribution in [0, 0.1) is 0 Å². The van der Waals surface area contributed by atoms with Crippen molar-refractivity contribution in [2.45, 2.75) is 25.5 Å². The average molecular weight is 162 g/mol. The lowest BCUT2D eigenvalue weighted by molar-refractivity contribution is -0.142. The molecular formula is C7H14O2S. The Morgan fingerprint density at radius 1 is 1.70 bits per heavy atom. The fourth-order valence-electron chi connectivity index (χ4n) is 0.538. The summed E-state index contributed by atoms with van der Waals surface area (Å²) < 4.78 is 4.76. The van der Waals surface area contributed by atoms with E-state index in [-0.39, 0.29) is 5.97 Å². The highest BCUT2D eigenvalue weighted by Gasteiger charge is 2.06. The number of carbonyl (C=O) groups is 1. The van der Waals surface area contributed by atoms with Gasteiger partial charge in [0.2, 0.25) is 0 Å². The summed E-state index contributed by atoms with van der Waals surface area (Å²) in [5, 5.41) is 0.374. The second-order valence-electron chi connectivity index (χ2n) is 2.06. The number of hydrogen-bond acceptors (Lipinski definition) is 3. The molecule has 1 atom stereocenters. The first kappa shape index (κ1) is 9.82. The van der Waals surface area contributed by atoms with Crippen LogP contribution in [0.25, 0.3) is 0 Å². The van der Waals surface area contributed by atoms with Crippen molar-refractivity contribution in [1.82, 2.24) is 0 Å². The first-order chi connectivity index (χ1) is 4.70. The molecule has 0 amide bonds. The molecule has 0 saturated heterocycles. The zero-order valence-corrected chi connectivity index (χ0v) is 7.53. The van der Waals surface area contributed by atoms with Crippen molar-refractivity contribution in [2.24, 2.45) is 0 Å². The van der Waals surface area contributed by atoms with Gasteiger partial charge in [-0.05, 0) is 13.2 Å². The summed E-state index contributed by atoms with van der Waals surface area (Å²) in [5.74, 6) is -0.0932. The van der Waals surface area contributed by atoms with Gasteiger partial charge < -0.3 is 4.74 Å². The van der Waals surface area contributed by atoms with Gasteiger partial charge in [0.1, 0.15) is 0 Å². The average Bonchev–Trinajstić information content (AvgIpc) is 1.88. The summed E-state index contributed by atoms with van der Waals surface area (Å²) in [6.45, 7) is 4.32. The molecule has 0 bridgehead atoms. The summed E-state index contributed by atoms with van der Waals surface area (Å²) in [6.07, 6.45) is 2.51. The summed E-state index contributed by atoms with van der Waals surface area (Å²) >= 11 is 1.68. The van der Waals surface area contributed by atoms with Crippen molar-refractivity contribution >= 4 is 17.7 Å². The monoisotopic (exact) mass is 162 g/mol. The minimum atomic E-state index is -0.0932. The maximum Gasteiger partial charge on any atom is 0.306 e. The molecule has 0 fully saturated rings. The van der Waals surface area contributed by atoms with Gasteiger partial charge in [-0.2, -0.15) is 11.8 Å². The van der Waals surface area contributed by atoms with Crippen molar-refractivity contribution in [3.05, 3.63) is 0 Å². The van der Waals surface area contributed by atoms with E-state index >= 15 is 0 Å². The molecule has 0 aliphatic carbocycles. The smallest absolute Gasteiger partial charge is 0.306 e. The van der Waals surface area contributed by atoms with E-state index < -0.39 is 0 Å². The molecule has 0 saturated carbocycles. The van der Waals surface area contributed by atoms with E-state index in [0.29, 0.717) is 18.3 Å². The van der Waals surface area contributed by atoms with Gasteiger partial charge in [-0.25, -0.2) is 0 Å². The number of carbonyl (C=O) groups excluding carboxylic acids is 1. The minimum absolute atomic E-state index is 0.0932. The Morgan fingerprint density at radius 2 is 2.30 bits per heavy atom. The second kappa shape index (κ2) is 5.59. The summed E-state index contributed by atoms with van der Waals surface area (Å²) in [7, 11) is 0. The number of hydrogen-bond donors (Lipinski definition) is 0. The fraction of sp³-hybridized carbons (Fsp3) is 0.857. The van der Waals surface area contributed by atoms with Crippen LogP contribution in [0.2, 0.25) is 0 Å². The molecular weight excluding hydrogens is 148 g/mol. The van der Waals surface area contributed by atoms with Gasteiger partial charge in [0.15, 0.2) is 0 Å². The Balaban J connectivity index is 3.37. The topological polar surface area (TPSA) is 26.3 Å². The van der Waals surface area contributed by atoms with Gasteiger partial charge >= 0.3 is 5.97 Å². The fourth-order valence-corrected chi connectivity index (χ4v) is 0.841. The van der Waals surface area contributed by atoms with Crippen LogP contribution in [0.3, 0.4) is 0 Å². The van der Waals surface area contributed by atoms with Gasteiger partial charge in [-0.15, -0.1) is 0 Å². The van der Waals surface area contributed by atoms with Gasteiger partial charge in [0.25, 0.3) is 0 Å². The molecule has 10 heavy (non-hydrogen) atoms. The highest BCUT2D eigenvalue weighted by molar-refractivity contribution is 7.99. The Labute approximate surface area is 66.3 Å². The molecule has 0 rings (SSSR count). The lowest BCUT2D eigenvalue weighted by atomic mass is 10.3. The van der Waals surface area contributed by atoms with E-state index in [2.05, 4.69) is 0 Å². The highest BCUT2D eigenvalue weighted by atomic mass is 32.2. The molecule has 2 nitrogen and oxygen atoms in total. The largest absolute Gasteiger partial charge is 0.466 e. The van der Waals surface area contributed by atoms with E-state index in [1.165, 1.54) is 0 Å². The van der Waals surface area contributed by atoms with Crippen LogP contribution >= 0.6 is 11.8 Å².